The molecule has 2 unspecified atom stereocenters. The quantitative estimate of drug-likeness (QED) is 0.574. The first-order valence-electron chi connectivity index (χ1n) is 11.1. The van der Waals surface area contributed by atoms with Gasteiger partial charge in [-0.3, -0.25) is 9.78 Å². The highest BCUT2D eigenvalue weighted by molar-refractivity contribution is 5.77. The Kier molecular flexibility index (Phi) is 6.19. The molecule has 2 aromatic carbocycles. The molecule has 2 heterocycles. The van der Waals surface area contributed by atoms with E-state index in [4.69, 9.17) is 0 Å². The lowest BCUT2D eigenvalue weighted by Crippen LogP contribution is -2.58. The number of benzene rings is 2. The number of hydrogen-bond acceptors (Lipinski definition) is 3. The van der Waals surface area contributed by atoms with Gasteiger partial charge in [-0.15, -0.1) is 0 Å². The molecular weight excluding hydrogens is 400 g/mol. The fourth-order valence-electron chi connectivity index (χ4n) is 5.17. The van der Waals surface area contributed by atoms with Gasteiger partial charge in [-0.05, 0) is 43.2 Å². The molecule has 0 saturated carbocycles. The molecule has 164 valence electrons. The second-order valence-electron chi connectivity index (χ2n) is 8.74. The van der Waals surface area contributed by atoms with Crippen molar-refractivity contribution in [2.75, 3.05) is 6.54 Å². The number of hydrogen-bond donors (Lipinski definition) is 1. The van der Waals surface area contributed by atoms with E-state index in [-0.39, 0.29) is 29.3 Å². The van der Waals surface area contributed by atoms with Crippen molar-refractivity contribution in [2.24, 2.45) is 0 Å². The van der Waals surface area contributed by atoms with Gasteiger partial charge in [0.15, 0.2) is 0 Å². The van der Waals surface area contributed by atoms with E-state index < -0.39 is 5.97 Å². The van der Waals surface area contributed by atoms with Crippen LogP contribution in [-0.4, -0.2) is 33.0 Å². The summed E-state index contributed by atoms with van der Waals surface area (Å²) in [6.07, 6.45) is 2.36. The molecule has 4 rings (SSSR count). The van der Waals surface area contributed by atoms with Crippen LogP contribution in [0.4, 0.5) is 0 Å². The number of rotatable bonds is 6. The molecular formula is C27H29N2O3+. The number of aromatic nitrogens is 1. The zero-order valence-electron chi connectivity index (χ0n) is 18.6. The Hall–Kier alpha value is -3.31. The summed E-state index contributed by atoms with van der Waals surface area (Å²) in [5, 5.41) is 9.28. The summed E-state index contributed by atoms with van der Waals surface area (Å²) in [5.74, 6) is -0.994. The van der Waals surface area contributed by atoms with Crippen molar-refractivity contribution in [1.29, 1.82) is 0 Å². The van der Waals surface area contributed by atoms with E-state index in [0.717, 1.165) is 23.2 Å². The molecule has 0 fully saturated rings. The summed E-state index contributed by atoms with van der Waals surface area (Å²) in [6, 6.07) is 20.1. The van der Waals surface area contributed by atoms with Crippen LogP contribution in [0.1, 0.15) is 52.4 Å². The molecule has 1 aromatic heterocycles. The van der Waals surface area contributed by atoms with Crippen LogP contribution in [0, 0.1) is 13.8 Å². The maximum atomic E-state index is 13.9. The van der Waals surface area contributed by atoms with Gasteiger partial charge in [0, 0.05) is 23.7 Å². The third-order valence-electron chi connectivity index (χ3n) is 6.54. The number of carbonyl (C=O) groups excluding carboxylic acids is 1. The smallest absolute Gasteiger partial charge is 0.315 e. The summed E-state index contributed by atoms with van der Waals surface area (Å²) in [7, 11) is 0. The molecule has 0 bridgehead atoms. The molecule has 2 atom stereocenters. The molecule has 32 heavy (non-hydrogen) atoms. The van der Waals surface area contributed by atoms with Crippen LogP contribution >= 0.6 is 0 Å². The first-order chi connectivity index (χ1) is 15.4. The van der Waals surface area contributed by atoms with Crippen molar-refractivity contribution in [1.82, 2.24) is 4.98 Å². The second kappa shape index (κ2) is 9.05. The zero-order chi connectivity index (χ0) is 22.7. The zero-order valence-corrected chi connectivity index (χ0v) is 18.6. The number of aliphatic carboxylic acids is 1. The van der Waals surface area contributed by atoms with Gasteiger partial charge in [0.2, 0.25) is 0 Å². The van der Waals surface area contributed by atoms with Crippen molar-refractivity contribution < 1.29 is 19.2 Å². The highest BCUT2D eigenvalue weighted by Crippen LogP contribution is 2.44. The maximum Gasteiger partial charge on any atom is 0.315 e. The van der Waals surface area contributed by atoms with E-state index in [9.17, 15) is 14.7 Å². The highest BCUT2D eigenvalue weighted by atomic mass is 16.4. The average Bonchev–Trinajstić information content (AvgIpc) is 2.78. The number of amides is 1. The van der Waals surface area contributed by atoms with Gasteiger partial charge in [0.1, 0.15) is 12.6 Å². The third-order valence-corrected chi connectivity index (χ3v) is 6.54. The minimum absolute atomic E-state index is 0.00559. The monoisotopic (exact) mass is 429 g/mol. The van der Waals surface area contributed by atoms with E-state index >= 15 is 0 Å². The molecule has 0 radical (unpaired) electrons. The standard InChI is InChI=1S/C27H28N2O3/c1-19-16-20(2)23-13-15-29(25(30)11-12-26(31)32,18-22-10-6-7-14-28-22)27(24(23)17-19)21-8-4-3-5-9-21/h3-10,14,16-17,27H,11-13,15,18H2,1-2H3/p+1. The van der Waals surface area contributed by atoms with Gasteiger partial charge >= 0.3 is 11.9 Å². The van der Waals surface area contributed by atoms with E-state index in [0.29, 0.717) is 13.1 Å². The minimum Gasteiger partial charge on any atom is -0.481 e. The van der Waals surface area contributed by atoms with Crippen LogP contribution in [0.25, 0.3) is 0 Å². The van der Waals surface area contributed by atoms with E-state index in [1.54, 1.807) is 6.20 Å². The van der Waals surface area contributed by atoms with E-state index in [2.05, 4.69) is 43.1 Å². The molecule has 1 aliphatic heterocycles. The number of carboxylic acid groups (broad SMARTS) is 1. The normalized spacial score (nSPS) is 19.9. The topological polar surface area (TPSA) is 67.3 Å². The number of pyridine rings is 1. The summed E-state index contributed by atoms with van der Waals surface area (Å²) < 4.78 is 0.157. The number of carboxylic acids is 1. The summed E-state index contributed by atoms with van der Waals surface area (Å²) in [5.41, 5.74) is 6.78. The lowest BCUT2D eigenvalue weighted by atomic mass is 9.82. The van der Waals surface area contributed by atoms with Gasteiger partial charge in [-0.1, -0.05) is 48.0 Å². The molecule has 0 spiro atoms. The van der Waals surface area contributed by atoms with Gasteiger partial charge in [-0.25, -0.2) is 9.28 Å². The van der Waals surface area contributed by atoms with Crippen LogP contribution in [0.5, 0.6) is 0 Å². The average molecular weight is 430 g/mol. The van der Waals surface area contributed by atoms with E-state index in [1.807, 2.05) is 36.4 Å². The first kappa shape index (κ1) is 21.9. The Morgan fingerprint density at radius 2 is 1.78 bits per heavy atom. The molecule has 5 heteroatoms. The van der Waals surface area contributed by atoms with Crippen LogP contribution < -0.4 is 0 Å². The molecule has 1 aliphatic rings. The number of aryl methyl sites for hydroxylation is 2. The Morgan fingerprint density at radius 1 is 1.03 bits per heavy atom. The number of nitrogens with zero attached hydrogens (tertiary/aromatic N) is 2. The Bertz CT molecular complexity index is 1130. The Balaban J connectivity index is 1.93. The third kappa shape index (κ3) is 4.21. The molecule has 3 aromatic rings. The SMILES string of the molecule is Cc1cc(C)c2c(c1)C(c1ccccc1)[N+](Cc1ccccn1)(C(=O)CCC(=O)O)CC2. The summed E-state index contributed by atoms with van der Waals surface area (Å²) >= 11 is 0. The molecule has 0 aliphatic carbocycles. The van der Waals surface area contributed by atoms with Crippen molar-refractivity contribution in [3.63, 3.8) is 0 Å². The fraction of sp³-hybridized carbons (Fsp3) is 0.296. The van der Waals surface area contributed by atoms with Crippen molar-refractivity contribution >= 4 is 11.9 Å². The lowest BCUT2D eigenvalue weighted by molar-refractivity contribution is -0.895. The van der Waals surface area contributed by atoms with Gasteiger partial charge < -0.3 is 5.11 Å². The van der Waals surface area contributed by atoms with Crippen LogP contribution in [0.15, 0.2) is 66.9 Å². The molecule has 5 nitrogen and oxygen atoms in total. The number of fused-ring (bicyclic) bond motifs is 1. The maximum absolute atomic E-state index is 13.9. The van der Waals surface area contributed by atoms with Crippen molar-refractivity contribution in [3.05, 3.63) is 100 Å². The molecule has 1 N–H and O–H groups in total. The molecule has 1 amide bonds. The molecule has 0 saturated heterocycles. The van der Waals surface area contributed by atoms with Crippen molar-refractivity contribution in [2.45, 2.75) is 45.7 Å². The number of quaternary nitrogens is 1. The highest BCUT2D eigenvalue weighted by Gasteiger charge is 2.49. The predicted molar refractivity (Wildman–Crippen MR) is 123 cm³/mol. The van der Waals surface area contributed by atoms with Crippen LogP contribution in [0.2, 0.25) is 0 Å². The predicted octanol–water partition coefficient (Wildman–Crippen LogP) is 4.75. The van der Waals surface area contributed by atoms with Gasteiger partial charge in [0.05, 0.1) is 25.1 Å². The number of carbonyl (C=O) groups is 2. The Labute approximate surface area is 188 Å². The summed E-state index contributed by atoms with van der Waals surface area (Å²) in [4.78, 5) is 29.7. The largest absolute Gasteiger partial charge is 0.481 e. The van der Waals surface area contributed by atoms with E-state index in [1.165, 1.54) is 16.7 Å². The van der Waals surface area contributed by atoms with Gasteiger partial charge in [-0.2, -0.15) is 0 Å². The lowest BCUT2D eigenvalue weighted by Gasteiger charge is -2.46. The van der Waals surface area contributed by atoms with Gasteiger partial charge in [0.25, 0.3) is 0 Å². The first-order valence-corrected chi connectivity index (χ1v) is 11.1. The second-order valence-corrected chi connectivity index (χ2v) is 8.74. The Morgan fingerprint density at radius 3 is 2.47 bits per heavy atom. The fourth-order valence-corrected chi connectivity index (χ4v) is 5.17. The summed E-state index contributed by atoms with van der Waals surface area (Å²) in [6.45, 7) is 5.28. The van der Waals surface area contributed by atoms with Crippen LogP contribution in [-0.2, 0) is 22.6 Å². The van der Waals surface area contributed by atoms with Crippen molar-refractivity contribution in [3.8, 4) is 0 Å². The minimum atomic E-state index is -0.949. The van der Waals surface area contributed by atoms with Crippen LogP contribution in [0.3, 0.4) is 0 Å².